The predicted octanol–water partition coefficient (Wildman–Crippen LogP) is 4.13. The van der Waals surface area contributed by atoms with Crippen molar-refractivity contribution in [1.29, 1.82) is 0 Å². The maximum Gasteiger partial charge on any atom is 0.144 e. The fourth-order valence-electron chi connectivity index (χ4n) is 1.39. The van der Waals surface area contributed by atoms with E-state index < -0.39 is 0 Å². The molecule has 0 atom stereocenters. The second kappa shape index (κ2) is 4.94. The molecule has 0 saturated carbocycles. The summed E-state index contributed by atoms with van der Waals surface area (Å²) in [4.78, 5) is 4.29. The van der Waals surface area contributed by atoms with E-state index in [1.165, 1.54) is 0 Å². The second-order valence-electron chi connectivity index (χ2n) is 3.71. The van der Waals surface area contributed by atoms with Crippen LogP contribution in [0.3, 0.4) is 0 Å². The van der Waals surface area contributed by atoms with Crippen molar-refractivity contribution >= 4 is 44.7 Å². The molecular formula is C12H11BrClN3. The van der Waals surface area contributed by atoms with Gasteiger partial charge in [0.25, 0.3) is 0 Å². The van der Waals surface area contributed by atoms with Gasteiger partial charge in [0.05, 0.1) is 15.2 Å². The van der Waals surface area contributed by atoms with E-state index in [4.69, 9.17) is 17.3 Å². The van der Waals surface area contributed by atoms with E-state index in [-0.39, 0.29) is 0 Å². The van der Waals surface area contributed by atoms with Gasteiger partial charge in [-0.3, -0.25) is 0 Å². The first-order valence-electron chi connectivity index (χ1n) is 5.00. The van der Waals surface area contributed by atoms with E-state index in [2.05, 4.69) is 26.2 Å². The van der Waals surface area contributed by atoms with E-state index in [0.717, 1.165) is 15.7 Å². The van der Waals surface area contributed by atoms with E-state index in [1.807, 2.05) is 13.0 Å². The van der Waals surface area contributed by atoms with Gasteiger partial charge in [0.2, 0.25) is 0 Å². The van der Waals surface area contributed by atoms with E-state index in [0.29, 0.717) is 16.5 Å². The zero-order chi connectivity index (χ0) is 12.4. The summed E-state index contributed by atoms with van der Waals surface area (Å²) in [5.41, 5.74) is 8.19. The quantitative estimate of drug-likeness (QED) is 0.820. The van der Waals surface area contributed by atoms with Crippen LogP contribution in [-0.2, 0) is 0 Å². The third-order valence-corrected chi connectivity index (χ3v) is 3.16. The lowest BCUT2D eigenvalue weighted by molar-refractivity contribution is 1.24. The molecule has 3 nitrogen and oxygen atoms in total. The van der Waals surface area contributed by atoms with Crippen molar-refractivity contribution in [2.24, 2.45) is 0 Å². The molecule has 0 fully saturated rings. The van der Waals surface area contributed by atoms with Crippen molar-refractivity contribution in [1.82, 2.24) is 4.98 Å². The number of halogens is 2. The Labute approximate surface area is 113 Å². The van der Waals surface area contributed by atoms with Gasteiger partial charge in [0.15, 0.2) is 0 Å². The Balaban J connectivity index is 2.34. The van der Waals surface area contributed by atoms with Crippen molar-refractivity contribution in [3.05, 3.63) is 45.5 Å². The average molecular weight is 313 g/mol. The highest BCUT2D eigenvalue weighted by Crippen LogP contribution is 2.30. The van der Waals surface area contributed by atoms with Gasteiger partial charge in [-0.05, 0) is 52.7 Å². The Morgan fingerprint density at radius 1 is 1.35 bits per heavy atom. The standard InChI is InChI=1S/C12H11BrClN3/c1-7-4-9(13)12(16-6-7)17-11-5-8(15)2-3-10(11)14/h2-6H,15H2,1H3,(H,16,17). The first kappa shape index (κ1) is 12.2. The zero-order valence-corrected chi connectivity index (χ0v) is 11.5. The topological polar surface area (TPSA) is 50.9 Å². The molecule has 0 aliphatic carbocycles. The van der Waals surface area contributed by atoms with Gasteiger partial charge in [-0.2, -0.15) is 0 Å². The largest absolute Gasteiger partial charge is 0.399 e. The fourth-order valence-corrected chi connectivity index (χ4v) is 2.12. The maximum absolute atomic E-state index is 6.07. The monoisotopic (exact) mass is 311 g/mol. The molecule has 5 heteroatoms. The van der Waals surface area contributed by atoms with Gasteiger partial charge in [0, 0.05) is 11.9 Å². The molecule has 88 valence electrons. The van der Waals surface area contributed by atoms with Gasteiger partial charge < -0.3 is 11.1 Å². The van der Waals surface area contributed by atoms with Crippen LogP contribution in [0.15, 0.2) is 34.9 Å². The van der Waals surface area contributed by atoms with Crippen LogP contribution >= 0.6 is 27.5 Å². The minimum Gasteiger partial charge on any atom is -0.399 e. The molecule has 0 saturated heterocycles. The van der Waals surface area contributed by atoms with E-state index >= 15 is 0 Å². The molecule has 0 aliphatic rings. The summed E-state index contributed by atoms with van der Waals surface area (Å²) < 4.78 is 0.885. The van der Waals surface area contributed by atoms with Crippen molar-refractivity contribution in [2.45, 2.75) is 6.92 Å². The van der Waals surface area contributed by atoms with Crippen LogP contribution < -0.4 is 11.1 Å². The number of benzene rings is 1. The number of nitrogens with one attached hydrogen (secondary N) is 1. The number of aromatic nitrogens is 1. The maximum atomic E-state index is 6.07. The summed E-state index contributed by atoms with van der Waals surface area (Å²) in [7, 11) is 0. The highest BCUT2D eigenvalue weighted by molar-refractivity contribution is 9.10. The summed E-state index contributed by atoms with van der Waals surface area (Å²) in [5, 5.41) is 3.74. The molecule has 0 spiro atoms. The number of pyridine rings is 1. The summed E-state index contributed by atoms with van der Waals surface area (Å²) in [6, 6.07) is 7.26. The van der Waals surface area contributed by atoms with Crippen LogP contribution in [0.4, 0.5) is 17.2 Å². The first-order valence-corrected chi connectivity index (χ1v) is 6.17. The lowest BCUT2D eigenvalue weighted by Crippen LogP contribution is -1.97. The molecule has 17 heavy (non-hydrogen) atoms. The second-order valence-corrected chi connectivity index (χ2v) is 4.97. The van der Waals surface area contributed by atoms with E-state index in [1.54, 1.807) is 24.4 Å². The third-order valence-electron chi connectivity index (χ3n) is 2.22. The van der Waals surface area contributed by atoms with E-state index in [9.17, 15) is 0 Å². The summed E-state index contributed by atoms with van der Waals surface area (Å²) >= 11 is 9.52. The molecular weight excluding hydrogens is 302 g/mol. The van der Waals surface area contributed by atoms with Crippen LogP contribution in [-0.4, -0.2) is 4.98 Å². The summed E-state index contributed by atoms with van der Waals surface area (Å²) in [6.45, 7) is 1.98. The molecule has 0 unspecified atom stereocenters. The highest BCUT2D eigenvalue weighted by atomic mass is 79.9. The minimum atomic E-state index is 0.605. The van der Waals surface area contributed by atoms with Crippen LogP contribution in [0.2, 0.25) is 5.02 Å². The Kier molecular flexibility index (Phi) is 3.54. The van der Waals surface area contributed by atoms with Crippen LogP contribution in [0.25, 0.3) is 0 Å². The number of nitrogens with two attached hydrogens (primary N) is 1. The molecule has 0 amide bonds. The molecule has 0 radical (unpaired) electrons. The average Bonchev–Trinajstić information content (AvgIpc) is 2.27. The highest BCUT2D eigenvalue weighted by Gasteiger charge is 2.05. The molecule has 0 bridgehead atoms. The molecule has 2 aromatic rings. The van der Waals surface area contributed by atoms with Crippen LogP contribution in [0.5, 0.6) is 0 Å². The van der Waals surface area contributed by atoms with Gasteiger partial charge in [-0.25, -0.2) is 4.98 Å². The van der Waals surface area contributed by atoms with Crippen LogP contribution in [0, 0.1) is 6.92 Å². The smallest absolute Gasteiger partial charge is 0.144 e. The van der Waals surface area contributed by atoms with Gasteiger partial charge in [-0.1, -0.05) is 11.6 Å². The lowest BCUT2D eigenvalue weighted by atomic mass is 10.2. The number of hydrogen-bond acceptors (Lipinski definition) is 3. The summed E-state index contributed by atoms with van der Waals surface area (Å²) in [6.07, 6.45) is 1.79. The Bertz CT molecular complexity index is 557. The van der Waals surface area contributed by atoms with Gasteiger partial charge >= 0.3 is 0 Å². The van der Waals surface area contributed by atoms with Gasteiger partial charge in [-0.15, -0.1) is 0 Å². The van der Waals surface area contributed by atoms with Crippen molar-refractivity contribution in [2.75, 3.05) is 11.1 Å². The third kappa shape index (κ3) is 2.90. The number of aryl methyl sites for hydroxylation is 1. The number of rotatable bonds is 2. The number of nitrogen functional groups attached to an aromatic ring is 1. The SMILES string of the molecule is Cc1cnc(Nc2cc(N)ccc2Cl)c(Br)c1. The molecule has 2 rings (SSSR count). The van der Waals surface area contributed by atoms with Crippen LogP contribution in [0.1, 0.15) is 5.56 Å². The van der Waals surface area contributed by atoms with Gasteiger partial charge in [0.1, 0.15) is 5.82 Å². The molecule has 3 N–H and O–H groups in total. The predicted molar refractivity (Wildman–Crippen MR) is 75.8 cm³/mol. The fraction of sp³-hybridized carbons (Fsp3) is 0.0833. The summed E-state index contributed by atoms with van der Waals surface area (Å²) in [5.74, 6) is 0.711. The number of anilines is 3. The van der Waals surface area contributed by atoms with Crippen molar-refractivity contribution in [3.8, 4) is 0 Å². The van der Waals surface area contributed by atoms with Crippen molar-refractivity contribution < 1.29 is 0 Å². The first-order chi connectivity index (χ1) is 8.06. The molecule has 1 aromatic heterocycles. The Morgan fingerprint density at radius 2 is 2.12 bits per heavy atom. The minimum absolute atomic E-state index is 0.605. The number of nitrogens with zero attached hydrogens (tertiary/aromatic N) is 1. The zero-order valence-electron chi connectivity index (χ0n) is 9.17. The Hall–Kier alpha value is -1.26. The molecule has 1 heterocycles. The lowest BCUT2D eigenvalue weighted by Gasteiger charge is -2.10. The molecule has 1 aromatic carbocycles. The molecule has 0 aliphatic heterocycles. The number of hydrogen-bond donors (Lipinski definition) is 2. The normalized spacial score (nSPS) is 10.3. The Morgan fingerprint density at radius 3 is 2.82 bits per heavy atom. The van der Waals surface area contributed by atoms with Crippen molar-refractivity contribution in [3.63, 3.8) is 0 Å².